The number of rotatable bonds is 4. The van der Waals surface area contributed by atoms with Gasteiger partial charge in [-0.3, -0.25) is 9.78 Å². The van der Waals surface area contributed by atoms with Gasteiger partial charge in [0, 0.05) is 29.2 Å². The molecule has 16 heavy (non-hydrogen) atoms. The summed E-state index contributed by atoms with van der Waals surface area (Å²) in [6, 6.07) is 5.61. The van der Waals surface area contributed by atoms with Gasteiger partial charge >= 0.3 is 0 Å². The molecule has 2 heterocycles. The molecule has 0 aliphatic rings. The third kappa shape index (κ3) is 2.58. The average Bonchev–Trinajstić information content (AvgIpc) is 2.76. The molecule has 2 rings (SSSR count). The summed E-state index contributed by atoms with van der Waals surface area (Å²) in [4.78, 5) is 16.0. The molecule has 5 heteroatoms. The molecule has 0 bridgehead atoms. The van der Waals surface area contributed by atoms with Crippen molar-refractivity contribution < 1.29 is 4.79 Å². The molecular weight excluding hydrogens is 222 g/mol. The molecule has 0 saturated heterocycles. The Balaban J connectivity index is 1.97. The number of nitrogens with one attached hydrogen (secondary N) is 1. The third-order valence-electron chi connectivity index (χ3n) is 2.07. The highest BCUT2D eigenvalue weighted by Gasteiger charge is 2.04. The van der Waals surface area contributed by atoms with Gasteiger partial charge in [0.25, 0.3) is 0 Å². The van der Waals surface area contributed by atoms with Crippen molar-refractivity contribution >= 4 is 22.9 Å². The summed E-state index contributed by atoms with van der Waals surface area (Å²) in [6.45, 7) is 0.670. The second kappa shape index (κ2) is 4.76. The predicted molar refractivity (Wildman–Crippen MR) is 64.4 cm³/mol. The Morgan fingerprint density at radius 2 is 2.44 bits per heavy atom. The molecule has 82 valence electrons. The largest absolute Gasteiger partial charge is 0.379 e. The van der Waals surface area contributed by atoms with E-state index in [0.717, 1.165) is 10.6 Å². The number of carbonyl (C=O) groups is 1. The Labute approximate surface area is 97.1 Å². The number of pyridine rings is 1. The minimum Gasteiger partial charge on any atom is -0.379 e. The van der Waals surface area contributed by atoms with Crippen LogP contribution in [0.2, 0.25) is 0 Å². The van der Waals surface area contributed by atoms with Gasteiger partial charge in [-0.05, 0) is 18.2 Å². The molecule has 3 N–H and O–H groups in total. The third-order valence-corrected chi connectivity index (χ3v) is 3.00. The van der Waals surface area contributed by atoms with Crippen LogP contribution in [0.1, 0.15) is 15.2 Å². The number of anilines is 1. The van der Waals surface area contributed by atoms with Crippen molar-refractivity contribution in [2.45, 2.75) is 6.54 Å². The van der Waals surface area contributed by atoms with Crippen LogP contribution in [-0.4, -0.2) is 10.9 Å². The van der Waals surface area contributed by atoms with Crippen LogP contribution >= 0.6 is 11.3 Å². The lowest BCUT2D eigenvalue weighted by molar-refractivity contribution is 0.100. The fourth-order valence-corrected chi connectivity index (χ4v) is 2.07. The van der Waals surface area contributed by atoms with Crippen LogP contribution in [0.15, 0.2) is 36.0 Å². The lowest BCUT2D eigenvalue weighted by Crippen LogP contribution is -2.09. The average molecular weight is 233 g/mol. The van der Waals surface area contributed by atoms with E-state index < -0.39 is 0 Å². The lowest BCUT2D eigenvalue weighted by atomic mass is 10.3. The first kappa shape index (κ1) is 10.6. The minimum absolute atomic E-state index is 0.385. The van der Waals surface area contributed by atoms with Gasteiger partial charge in [0.05, 0.1) is 11.3 Å². The Kier molecular flexibility index (Phi) is 3.16. The molecular formula is C11H11N3OS. The van der Waals surface area contributed by atoms with E-state index in [1.54, 1.807) is 23.8 Å². The lowest BCUT2D eigenvalue weighted by Gasteiger charge is -2.02. The van der Waals surface area contributed by atoms with Gasteiger partial charge in [-0.25, -0.2) is 0 Å². The van der Waals surface area contributed by atoms with Crippen LogP contribution < -0.4 is 11.1 Å². The first-order valence-electron chi connectivity index (χ1n) is 4.77. The zero-order chi connectivity index (χ0) is 11.4. The van der Waals surface area contributed by atoms with E-state index in [-0.39, 0.29) is 5.91 Å². The van der Waals surface area contributed by atoms with E-state index >= 15 is 0 Å². The summed E-state index contributed by atoms with van der Waals surface area (Å²) in [7, 11) is 0. The highest BCUT2D eigenvalue weighted by Crippen LogP contribution is 2.15. The highest BCUT2D eigenvalue weighted by atomic mass is 32.1. The number of aromatic nitrogens is 1. The van der Waals surface area contributed by atoms with Crippen molar-refractivity contribution in [2.75, 3.05) is 5.32 Å². The van der Waals surface area contributed by atoms with Crippen LogP contribution in [0.5, 0.6) is 0 Å². The number of carbonyl (C=O) groups excluding carboxylic acids is 1. The molecule has 2 aromatic rings. The molecule has 0 spiro atoms. The Hall–Kier alpha value is -1.88. The van der Waals surface area contributed by atoms with Crippen molar-refractivity contribution in [1.82, 2.24) is 4.98 Å². The monoisotopic (exact) mass is 233 g/mol. The summed E-state index contributed by atoms with van der Waals surface area (Å²) < 4.78 is 0. The van der Waals surface area contributed by atoms with Crippen LogP contribution in [0.3, 0.4) is 0 Å². The number of nitrogens with zero attached hydrogens (tertiary/aromatic N) is 1. The van der Waals surface area contributed by atoms with E-state index in [1.807, 2.05) is 12.1 Å². The van der Waals surface area contributed by atoms with E-state index in [1.165, 1.54) is 11.3 Å². The van der Waals surface area contributed by atoms with Crippen molar-refractivity contribution in [3.63, 3.8) is 0 Å². The number of nitrogens with two attached hydrogens (primary N) is 1. The van der Waals surface area contributed by atoms with E-state index in [0.29, 0.717) is 12.1 Å². The first-order valence-corrected chi connectivity index (χ1v) is 5.65. The molecule has 0 aliphatic carbocycles. The van der Waals surface area contributed by atoms with Gasteiger partial charge in [-0.15, -0.1) is 11.3 Å². The van der Waals surface area contributed by atoms with Crippen LogP contribution in [0, 0.1) is 0 Å². The van der Waals surface area contributed by atoms with Gasteiger partial charge in [0.15, 0.2) is 0 Å². The molecule has 0 fully saturated rings. The summed E-state index contributed by atoms with van der Waals surface area (Å²) in [5, 5.41) is 4.98. The molecule has 4 nitrogen and oxygen atoms in total. The number of hydrogen-bond acceptors (Lipinski definition) is 4. The second-order valence-electron chi connectivity index (χ2n) is 3.26. The van der Waals surface area contributed by atoms with Crippen LogP contribution in [0.4, 0.5) is 5.69 Å². The number of thiophene rings is 1. The molecule has 1 amide bonds. The molecule has 0 radical (unpaired) electrons. The number of hydrogen-bond donors (Lipinski definition) is 2. The normalized spacial score (nSPS) is 10.0. The van der Waals surface area contributed by atoms with E-state index in [2.05, 4.69) is 10.3 Å². The van der Waals surface area contributed by atoms with E-state index in [9.17, 15) is 4.79 Å². The number of primary amides is 1. The van der Waals surface area contributed by atoms with Gasteiger partial charge in [-0.2, -0.15) is 0 Å². The Morgan fingerprint density at radius 1 is 1.56 bits per heavy atom. The molecule has 0 saturated carbocycles. The minimum atomic E-state index is -0.385. The highest BCUT2D eigenvalue weighted by molar-refractivity contribution is 7.10. The van der Waals surface area contributed by atoms with Crippen molar-refractivity contribution in [3.8, 4) is 0 Å². The van der Waals surface area contributed by atoms with Crippen LogP contribution in [0.25, 0.3) is 0 Å². The first-order chi connectivity index (χ1) is 7.75. The van der Waals surface area contributed by atoms with Gasteiger partial charge in [-0.1, -0.05) is 0 Å². The standard InChI is InChI=1S/C11H11N3OS/c12-11(15)8-4-10(16-7-8)6-14-9-2-1-3-13-5-9/h1-5,7,14H,6H2,(H2,12,15). The molecule has 0 atom stereocenters. The summed E-state index contributed by atoms with van der Waals surface area (Å²) in [5.74, 6) is -0.385. The summed E-state index contributed by atoms with van der Waals surface area (Å²) in [5.41, 5.74) is 6.69. The quantitative estimate of drug-likeness (QED) is 0.846. The van der Waals surface area contributed by atoms with Crippen molar-refractivity contribution in [2.24, 2.45) is 5.73 Å². The predicted octanol–water partition coefficient (Wildman–Crippen LogP) is 1.85. The maximum atomic E-state index is 10.9. The van der Waals surface area contributed by atoms with E-state index in [4.69, 9.17) is 5.73 Å². The fraction of sp³-hybridized carbons (Fsp3) is 0.0909. The molecule has 2 aromatic heterocycles. The van der Waals surface area contributed by atoms with Gasteiger partial charge < -0.3 is 11.1 Å². The van der Waals surface area contributed by atoms with Crippen molar-refractivity contribution in [1.29, 1.82) is 0 Å². The SMILES string of the molecule is NC(=O)c1csc(CNc2cccnc2)c1. The maximum Gasteiger partial charge on any atom is 0.249 e. The zero-order valence-corrected chi connectivity index (χ0v) is 9.33. The number of amides is 1. The van der Waals surface area contributed by atoms with Gasteiger partial charge in [0.2, 0.25) is 5.91 Å². The zero-order valence-electron chi connectivity index (χ0n) is 8.51. The summed E-state index contributed by atoms with van der Waals surface area (Å²) >= 11 is 1.51. The molecule has 0 aliphatic heterocycles. The molecule has 0 unspecified atom stereocenters. The van der Waals surface area contributed by atoms with Crippen molar-refractivity contribution in [3.05, 3.63) is 46.4 Å². The Bertz CT molecular complexity index is 481. The summed E-state index contributed by atoms with van der Waals surface area (Å²) in [6.07, 6.45) is 3.48. The molecule has 0 aromatic carbocycles. The Morgan fingerprint density at radius 3 is 3.06 bits per heavy atom. The second-order valence-corrected chi connectivity index (χ2v) is 4.26. The smallest absolute Gasteiger partial charge is 0.249 e. The fourth-order valence-electron chi connectivity index (χ4n) is 1.26. The van der Waals surface area contributed by atoms with Gasteiger partial charge in [0.1, 0.15) is 0 Å². The topological polar surface area (TPSA) is 68.0 Å². The van der Waals surface area contributed by atoms with Crippen LogP contribution in [-0.2, 0) is 6.54 Å². The maximum absolute atomic E-state index is 10.9.